The lowest BCUT2D eigenvalue weighted by Gasteiger charge is -2.15. The van der Waals surface area contributed by atoms with Gasteiger partial charge in [0, 0.05) is 16.6 Å². The van der Waals surface area contributed by atoms with E-state index in [1.54, 1.807) is 31.2 Å². The summed E-state index contributed by atoms with van der Waals surface area (Å²) in [7, 11) is 0. The first kappa shape index (κ1) is 17.0. The van der Waals surface area contributed by atoms with Crippen LogP contribution < -0.4 is 10.6 Å². The number of hydrogen-bond acceptors (Lipinski definition) is 3. The lowest BCUT2D eigenvalue weighted by molar-refractivity contribution is -0.137. The van der Waals surface area contributed by atoms with E-state index in [0.717, 1.165) is 0 Å². The molecule has 7 heteroatoms. The first-order valence-corrected chi connectivity index (χ1v) is 6.85. The number of carbonyl (C=O) groups is 3. The van der Waals surface area contributed by atoms with Crippen molar-refractivity contribution in [1.82, 2.24) is 10.6 Å². The van der Waals surface area contributed by atoms with Gasteiger partial charge in [-0.25, -0.2) is 0 Å². The van der Waals surface area contributed by atoms with Crippen molar-refractivity contribution in [2.45, 2.75) is 25.8 Å². The predicted octanol–water partition coefficient (Wildman–Crippen LogP) is 1.44. The van der Waals surface area contributed by atoms with Crippen LogP contribution in [0.2, 0.25) is 5.02 Å². The molecule has 1 rings (SSSR count). The van der Waals surface area contributed by atoms with E-state index in [2.05, 4.69) is 10.6 Å². The maximum Gasteiger partial charge on any atom is 0.305 e. The Hall–Kier alpha value is -2.08. The third kappa shape index (κ3) is 6.27. The van der Waals surface area contributed by atoms with Crippen LogP contribution >= 0.6 is 11.6 Å². The number of amides is 2. The summed E-state index contributed by atoms with van der Waals surface area (Å²) in [6.45, 7) is 1.57. The second kappa shape index (κ2) is 8.26. The topological polar surface area (TPSA) is 95.5 Å². The average Bonchev–Trinajstić information content (AvgIpc) is 2.44. The Balaban J connectivity index is 2.43. The average molecular weight is 313 g/mol. The summed E-state index contributed by atoms with van der Waals surface area (Å²) in [5.74, 6) is -1.80. The van der Waals surface area contributed by atoms with E-state index in [-0.39, 0.29) is 13.0 Å². The van der Waals surface area contributed by atoms with E-state index < -0.39 is 23.8 Å². The van der Waals surface area contributed by atoms with Crippen molar-refractivity contribution in [2.24, 2.45) is 0 Å². The Morgan fingerprint density at radius 3 is 2.38 bits per heavy atom. The summed E-state index contributed by atoms with van der Waals surface area (Å²) in [5.41, 5.74) is 0.393. The molecule has 3 N–H and O–H groups in total. The normalized spacial score (nSPS) is 11.5. The SMILES string of the molecule is CCC(CC(=O)O)NC(=O)CNC(=O)c1ccc(Cl)cc1. The lowest BCUT2D eigenvalue weighted by atomic mass is 10.1. The molecule has 0 aliphatic rings. The Bertz CT molecular complexity index is 516. The van der Waals surface area contributed by atoms with Gasteiger partial charge in [0.05, 0.1) is 13.0 Å². The third-order valence-electron chi connectivity index (χ3n) is 2.79. The second-order valence-electron chi connectivity index (χ2n) is 4.46. The van der Waals surface area contributed by atoms with Gasteiger partial charge in [-0.2, -0.15) is 0 Å². The minimum atomic E-state index is -0.979. The quantitative estimate of drug-likeness (QED) is 0.710. The molecule has 0 aromatic heterocycles. The van der Waals surface area contributed by atoms with Crippen LogP contribution in [-0.4, -0.2) is 35.5 Å². The monoisotopic (exact) mass is 312 g/mol. The number of carbonyl (C=O) groups excluding carboxylic acids is 2. The minimum absolute atomic E-state index is 0.145. The number of nitrogens with one attached hydrogen (secondary N) is 2. The van der Waals surface area contributed by atoms with Crippen LogP contribution in [0.5, 0.6) is 0 Å². The van der Waals surface area contributed by atoms with Crippen LogP contribution in [0.25, 0.3) is 0 Å². The Labute approximate surface area is 127 Å². The zero-order valence-corrected chi connectivity index (χ0v) is 12.3. The maximum atomic E-state index is 11.8. The predicted molar refractivity (Wildman–Crippen MR) is 78.3 cm³/mol. The first-order valence-electron chi connectivity index (χ1n) is 6.47. The number of aliphatic carboxylic acids is 1. The molecule has 6 nitrogen and oxygen atoms in total. The molecule has 0 heterocycles. The summed E-state index contributed by atoms with van der Waals surface area (Å²) in [4.78, 5) is 34.0. The van der Waals surface area contributed by atoms with Crippen molar-refractivity contribution in [1.29, 1.82) is 0 Å². The smallest absolute Gasteiger partial charge is 0.305 e. The van der Waals surface area contributed by atoms with Crippen LogP contribution in [0.15, 0.2) is 24.3 Å². The molecule has 0 bridgehead atoms. The van der Waals surface area contributed by atoms with Gasteiger partial charge >= 0.3 is 5.97 Å². The van der Waals surface area contributed by atoms with Crippen molar-refractivity contribution in [3.05, 3.63) is 34.9 Å². The van der Waals surface area contributed by atoms with Crippen LogP contribution in [0.3, 0.4) is 0 Å². The minimum Gasteiger partial charge on any atom is -0.481 e. The van der Waals surface area contributed by atoms with E-state index in [1.165, 1.54) is 0 Å². The van der Waals surface area contributed by atoms with Gasteiger partial charge in [0.25, 0.3) is 5.91 Å². The maximum absolute atomic E-state index is 11.8. The molecular weight excluding hydrogens is 296 g/mol. The number of carboxylic acid groups (broad SMARTS) is 1. The first-order chi connectivity index (χ1) is 9.92. The number of benzene rings is 1. The Morgan fingerprint density at radius 2 is 1.86 bits per heavy atom. The molecule has 1 atom stereocenters. The van der Waals surface area contributed by atoms with E-state index in [4.69, 9.17) is 16.7 Å². The van der Waals surface area contributed by atoms with E-state index >= 15 is 0 Å². The standard InChI is InChI=1S/C14H17ClN2O4/c1-2-11(7-13(19)20)17-12(18)8-16-14(21)9-3-5-10(15)6-4-9/h3-6,11H,2,7-8H2,1H3,(H,16,21)(H,17,18)(H,19,20). The van der Waals surface area contributed by atoms with E-state index in [0.29, 0.717) is 17.0 Å². The van der Waals surface area contributed by atoms with Gasteiger partial charge in [-0.1, -0.05) is 18.5 Å². The van der Waals surface area contributed by atoms with Crippen molar-refractivity contribution >= 4 is 29.4 Å². The van der Waals surface area contributed by atoms with Gasteiger partial charge in [-0.15, -0.1) is 0 Å². The molecule has 1 unspecified atom stereocenters. The second-order valence-corrected chi connectivity index (χ2v) is 4.90. The number of rotatable bonds is 7. The fourth-order valence-electron chi connectivity index (χ4n) is 1.65. The van der Waals surface area contributed by atoms with Gasteiger partial charge in [0.1, 0.15) is 0 Å². The van der Waals surface area contributed by atoms with Crippen LogP contribution in [0, 0.1) is 0 Å². The molecule has 114 valence electrons. The largest absolute Gasteiger partial charge is 0.481 e. The zero-order chi connectivity index (χ0) is 15.8. The molecule has 0 aliphatic carbocycles. The molecular formula is C14H17ClN2O4. The zero-order valence-electron chi connectivity index (χ0n) is 11.6. The molecule has 0 fully saturated rings. The molecule has 0 aliphatic heterocycles. The van der Waals surface area contributed by atoms with Crippen molar-refractivity contribution in [2.75, 3.05) is 6.54 Å². The lowest BCUT2D eigenvalue weighted by Crippen LogP contribution is -2.42. The van der Waals surface area contributed by atoms with Gasteiger partial charge in [-0.05, 0) is 30.7 Å². The highest BCUT2D eigenvalue weighted by atomic mass is 35.5. The van der Waals surface area contributed by atoms with Crippen LogP contribution in [0.4, 0.5) is 0 Å². The fourth-order valence-corrected chi connectivity index (χ4v) is 1.78. The van der Waals surface area contributed by atoms with Gasteiger partial charge in [0.15, 0.2) is 0 Å². The summed E-state index contributed by atoms with van der Waals surface area (Å²) in [6, 6.07) is 5.82. The summed E-state index contributed by atoms with van der Waals surface area (Å²) in [5, 5.41) is 14.2. The fraction of sp³-hybridized carbons (Fsp3) is 0.357. The molecule has 0 saturated heterocycles. The summed E-state index contributed by atoms with van der Waals surface area (Å²) >= 11 is 5.71. The number of carboxylic acids is 1. The highest BCUT2D eigenvalue weighted by Gasteiger charge is 2.14. The van der Waals surface area contributed by atoms with Crippen molar-refractivity contribution < 1.29 is 19.5 Å². The molecule has 1 aromatic rings. The molecule has 0 spiro atoms. The van der Waals surface area contributed by atoms with Gasteiger partial charge < -0.3 is 15.7 Å². The van der Waals surface area contributed by atoms with Gasteiger partial charge in [-0.3, -0.25) is 14.4 Å². The summed E-state index contributed by atoms with van der Waals surface area (Å²) < 4.78 is 0. The summed E-state index contributed by atoms with van der Waals surface area (Å²) in [6.07, 6.45) is 0.358. The Morgan fingerprint density at radius 1 is 1.24 bits per heavy atom. The molecule has 2 amide bonds. The number of hydrogen-bond donors (Lipinski definition) is 3. The van der Waals surface area contributed by atoms with Crippen LogP contribution in [-0.2, 0) is 9.59 Å². The molecule has 21 heavy (non-hydrogen) atoms. The van der Waals surface area contributed by atoms with Crippen molar-refractivity contribution in [3.8, 4) is 0 Å². The Kier molecular flexibility index (Phi) is 6.68. The molecule has 1 aromatic carbocycles. The molecule has 0 radical (unpaired) electrons. The molecule has 0 saturated carbocycles. The van der Waals surface area contributed by atoms with Crippen LogP contribution in [0.1, 0.15) is 30.1 Å². The van der Waals surface area contributed by atoms with Gasteiger partial charge in [0.2, 0.25) is 5.91 Å². The van der Waals surface area contributed by atoms with E-state index in [9.17, 15) is 14.4 Å². The third-order valence-corrected chi connectivity index (χ3v) is 3.05. The number of halogens is 1. The van der Waals surface area contributed by atoms with E-state index in [1.807, 2.05) is 0 Å². The highest BCUT2D eigenvalue weighted by molar-refractivity contribution is 6.30. The van der Waals surface area contributed by atoms with Crippen molar-refractivity contribution in [3.63, 3.8) is 0 Å². The highest BCUT2D eigenvalue weighted by Crippen LogP contribution is 2.09.